The Morgan fingerprint density at radius 2 is 2.06 bits per heavy atom. The van der Waals surface area contributed by atoms with Crippen LogP contribution < -0.4 is 5.73 Å². The number of hydrogen-bond acceptors (Lipinski definition) is 2. The predicted octanol–water partition coefficient (Wildman–Crippen LogP) is 3.80. The highest BCUT2D eigenvalue weighted by molar-refractivity contribution is 5.46. The van der Waals surface area contributed by atoms with E-state index in [1.807, 2.05) is 0 Å². The van der Waals surface area contributed by atoms with Crippen LogP contribution in [0.2, 0.25) is 0 Å². The Balaban J connectivity index is 2.39. The number of nitrogens with zero attached hydrogens (tertiary/aromatic N) is 1. The molecule has 1 heterocycles. The van der Waals surface area contributed by atoms with E-state index in [2.05, 4.69) is 37.9 Å². The Morgan fingerprint density at radius 1 is 1.35 bits per heavy atom. The molecule has 1 fully saturated rings. The van der Waals surface area contributed by atoms with E-state index in [0.29, 0.717) is 23.1 Å². The van der Waals surface area contributed by atoms with E-state index in [-0.39, 0.29) is 0 Å². The molecule has 1 unspecified atom stereocenters. The van der Waals surface area contributed by atoms with Gasteiger partial charge in [-0.15, -0.1) is 0 Å². The number of aromatic nitrogens is 2. The molecule has 2 rings (SSSR count). The van der Waals surface area contributed by atoms with Gasteiger partial charge in [0, 0.05) is 17.2 Å². The topological polar surface area (TPSA) is 54.7 Å². The van der Waals surface area contributed by atoms with Crippen molar-refractivity contribution in [2.45, 2.75) is 65.2 Å². The SMILES string of the molecule is CC(C)c1c(N)n[nH]c1C1CCCCC1(C)C. The van der Waals surface area contributed by atoms with Crippen LogP contribution in [0, 0.1) is 5.41 Å². The average molecular weight is 235 g/mol. The summed E-state index contributed by atoms with van der Waals surface area (Å²) >= 11 is 0. The molecule has 96 valence electrons. The highest BCUT2D eigenvalue weighted by Gasteiger charge is 2.36. The van der Waals surface area contributed by atoms with Crippen molar-refractivity contribution < 1.29 is 0 Å². The van der Waals surface area contributed by atoms with Crippen molar-refractivity contribution in [1.82, 2.24) is 10.2 Å². The zero-order valence-electron chi connectivity index (χ0n) is 11.5. The average Bonchev–Trinajstić information content (AvgIpc) is 2.59. The third kappa shape index (κ3) is 2.20. The van der Waals surface area contributed by atoms with Gasteiger partial charge >= 0.3 is 0 Å². The maximum Gasteiger partial charge on any atom is 0.148 e. The van der Waals surface area contributed by atoms with Crippen LogP contribution in [-0.2, 0) is 0 Å². The molecular formula is C14H25N3. The largest absolute Gasteiger partial charge is 0.382 e. The lowest BCUT2D eigenvalue weighted by Crippen LogP contribution is -2.27. The molecule has 17 heavy (non-hydrogen) atoms. The number of H-pyrrole nitrogens is 1. The van der Waals surface area contributed by atoms with Crippen molar-refractivity contribution in [2.24, 2.45) is 5.41 Å². The van der Waals surface area contributed by atoms with E-state index in [4.69, 9.17) is 5.73 Å². The van der Waals surface area contributed by atoms with Gasteiger partial charge in [-0.05, 0) is 24.2 Å². The summed E-state index contributed by atoms with van der Waals surface area (Å²) in [4.78, 5) is 0. The van der Waals surface area contributed by atoms with Gasteiger partial charge < -0.3 is 5.73 Å². The van der Waals surface area contributed by atoms with Gasteiger partial charge in [-0.25, -0.2) is 0 Å². The number of nitrogens with one attached hydrogen (secondary N) is 1. The molecule has 0 spiro atoms. The summed E-state index contributed by atoms with van der Waals surface area (Å²) in [6.45, 7) is 9.14. The van der Waals surface area contributed by atoms with Gasteiger partial charge in [0.2, 0.25) is 0 Å². The first-order chi connectivity index (χ1) is 7.93. The van der Waals surface area contributed by atoms with Crippen LogP contribution in [0.5, 0.6) is 0 Å². The molecule has 0 saturated heterocycles. The fourth-order valence-electron chi connectivity index (χ4n) is 3.28. The summed E-state index contributed by atoms with van der Waals surface area (Å²) in [5, 5.41) is 7.44. The number of nitrogen functional groups attached to an aromatic ring is 1. The molecule has 0 radical (unpaired) electrons. The molecule has 0 amide bonds. The van der Waals surface area contributed by atoms with Crippen LogP contribution in [0.4, 0.5) is 5.82 Å². The number of nitrogens with two attached hydrogens (primary N) is 1. The quantitative estimate of drug-likeness (QED) is 0.819. The van der Waals surface area contributed by atoms with Crippen LogP contribution in [0.3, 0.4) is 0 Å². The van der Waals surface area contributed by atoms with Crippen LogP contribution in [-0.4, -0.2) is 10.2 Å². The molecule has 0 aromatic carbocycles. The summed E-state index contributed by atoms with van der Waals surface area (Å²) in [6, 6.07) is 0. The monoisotopic (exact) mass is 235 g/mol. The fraction of sp³-hybridized carbons (Fsp3) is 0.786. The van der Waals surface area contributed by atoms with Crippen molar-refractivity contribution in [3.8, 4) is 0 Å². The summed E-state index contributed by atoms with van der Waals surface area (Å²) in [7, 11) is 0. The molecule has 3 N–H and O–H groups in total. The third-order valence-electron chi connectivity index (χ3n) is 4.30. The first kappa shape index (κ1) is 12.5. The number of anilines is 1. The molecule has 1 aromatic rings. The third-order valence-corrected chi connectivity index (χ3v) is 4.30. The Labute approximate surface area is 104 Å². The van der Waals surface area contributed by atoms with Gasteiger partial charge in [0.1, 0.15) is 5.82 Å². The van der Waals surface area contributed by atoms with E-state index in [1.54, 1.807) is 0 Å². The van der Waals surface area contributed by atoms with E-state index < -0.39 is 0 Å². The zero-order chi connectivity index (χ0) is 12.6. The Bertz CT molecular complexity index is 390. The molecule has 0 bridgehead atoms. The van der Waals surface area contributed by atoms with Crippen LogP contribution >= 0.6 is 0 Å². The second-order valence-corrected chi connectivity index (χ2v) is 6.38. The Kier molecular flexibility index (Phi) is 3.19. The first-order valence-electron chi connectivity index (χ1n) is 6.77. The number of aromatic amines is 1. The minimum Gasteiger partial charge on any atom is -0.382 e. The van der Waals surface area contributed by atoms with Crippen molar-refractivity contribution in [1.29, 1.82) is 0 Å². The highest BCUT2D eigenvalue weighted by Crippen LogP contribution is 2.48. The second-order valence-electron chi connectivity index (χ2n) is 6.38. The number of hydrogen-bond donors (Lipinski definition) is 2. The van der Waals surface area contributed by atoms with Gasteiger partial charge in [-0.1, -0.05) is 40.5 Å². The first-order valence-corrected chi connectivity index (χ1v) is 6.77. The smallest absolute Gasteiger partial charge is 0.148 e. The lowest BCUT2D eigenvalue weighted by molar-refractivity contribution is 0.195. The van der Waals surface area contributed by atoms with Crippen molar-refractivity contribution in [2.75, 3.05) is 5.73 Å². The summed E-state index contributed by atoms with van der Waals surface area (Å²) in [5.41, 5.74) is 8.89. The molecule has 1 aromatic heterocycles. The Morgan fingerprint density at radius 3 is 2.65 bits per heavy atom. The highest BCUT2D eigenvalue weighted by atomic mass is 15.2. The van der Waals surface area contributed by atoms with E-state index in [9.17, 15) is 0 Å². The molecule has 1 saturated carbocycles. The van der Waals surface area contributed by atoms with Gasteiger partial charge in [0.15, 0.2) is 0 Å². The standard InChI is InChI=1S/C14H25N3/c1-9(2)11-12(16-17-13(11)15)10-7-5-6-8-14(10,3)4/h9-10H,5-8H2,1-4H3,(H3,15,16,17). The molecular weight excluding hydrogens is 210 g/mol. The lowest BCUT2D eigenvalue weighted by Gasteiger charge is -2.38. The summed E-state index contributed by atoms with van der Waals surface area (Å²) in [5.74, 6) is 1.72. The normalized spacial score (nSPS) is 24.2. The lowest BCUT2D eigenvalue weighted by atomic mass is 9.66. The van der Waals surface area contributed by atoms with Crippen LogP contribution in [0.15, 0.2) is 0 Å². The molecule has 0 aliphatic heterocycles. The summed E-state index contributed by atoms with van der Waals surface area (Å²) in [6.07, 6.45) is 5.23. The zero-order valence-corrected chi connectivity index (χ0v) is 11.5. The second kappa shape index (κ2) is 4.35. The van der Waals surface area contributed by atoms with Gasteiger partial charge in [0.25, 0.3) is 0 Å². The maximum atomic E-state index is 6.00. The van der Waals surface area contributed by atoms with Crippen molar-refractivity contribution >= 4 is 5.82 Å². The van der Waals surface area contributed by atoms with E-state index >= 15 is 0 Å². The maximum absolute atomic E-state index is 6.00. The minimum absolute atomic E-state index is 0.362. The van der Waals surface area contributed by atoms with Crippen LogP contribution in [0.1, 0.15) is 76.5 Å². The minimum atomic E-state index is 0.362. The molecule has 3 heteroatoms. The molecule has 1 atom stereocenters. The summed E-state index contributed by atoms with van der Waals surface area (Å²) < 4.78 is 0. The molecule has 1 aliphatic carbocycles. The van der Waals surface area contributed by atoms with E-state index in [0.717, 1.165) is 0 Å². The molecule has 3 nitrogen and oxygen atoms in total. The van der Waals surface area contributed by atoms with Gasteiger partial charge in [-0.3, -0.25) is 5.10 Å². The van der Waals surface area contributed by atoms with Gasteiger partial charge in [-0.2, -0.15) is 5.10 Å². The van der Waals surface area contributed by atoms with Crippen LogP contribution in [0.25, 0.3) is 0 Å². The van der Waals surface area contributed by atoms with Gasteiger partial charge in [0.05, 0.1) is 0 Å². The Hall–Kier alpha value is -0.990. The fourth-order valence-corrected chi connectivity index (χ4v) is 3.28. The van der Waals surface area contributed by atoms with Crippen molar-refractivity contribution in [3.63, 3.8) is 0 Å². The predicted molar refractivity (Wildman–Crippen MR) is 72.1 cm³/mol. The number of rotatable bonds is 2. The van der Waals surface area contributed by atoms with Crippen molar-refractivity contribution in [3.05, 3.63) is 11.3 Å². The molecule has 1 aliphatic rings. The van der Waals surface area contributed by atoms with E-state index in [1.165, 1.54) is 36.9 Å².